The van der Waals surface area contributed by atoms with Crippen molar-refractivity contribution in [2.75, 3.05) is 38.6 Å². The molecule has 8 heteroatoms. The molecular weight excluding hydrogens is 450 g/mol. The molecule has 0 bridgehead atoms. The van der Waals surface area contributed by atoms with Gasteiger partial charge in [0.25, 0.3) is 0 Å². The molecule has 1 unspecified atom stereocenters. The van der Waals surface area contributed by atoms with Crippen molar-refractivity contribution < 1.29 is 17.9 Å². The lowest BCUT2D eigenvalue weighted by Crippen LogP contribution is -2.51. The molecule has 1 aliphatic rings. The number of sulfonamides is 1. The molecule has 3 aromatic carbocycles. The van der Waals surface area contributed by atoms with Crippen LogP contribution < -0.4 is 10.1 Å². The monoisotopic (exact) mass is 479 g/mol. The molecule has 1 saturated heterocycles. The van der Waals surface area contributed by atoms with Gasteiger partial charge in [0.05, 0.1) is 17.7 Å². The number of anilines is 1. The zero-order valence-electron chi connectivity index (χ0n) is 19.3. The molecule has 1 amide bonds. The summed E-state index contributed by atoms with van der Waals surface area (Å²) in [6, 6.07) is 23.1. The van der Waals surface area contributed by atoms with Crippen molar-refractivity contribution in [2.45, 2.75) is 17.9 Å². The van der Waals surface area contributed by atoms with E-state index < -0.39 is 16.1 Å². The van der Waals surface area contributed by atoms with Crippen LogP contribution in [0.5, 0.6) is 5.75 Å². The molecular formula is C26H29N3O4S. The smallest absolute Gasteiger partial charge is 0.246 e. The number of carbonyl (C=O) groups excluding carboxylic acids is 1. The second kappa shape index (κ2) is 10.4. The van der Waals surface area contributed by atoms with E-state index in [-0.39, 0.29) is 10.8 Å². The maximum Gasteiger partial charge on any atom is 0.246 e. The van der Waals surface area contributed by atoms with Gasteiger partial charge >= 0.3 is 0 Å². The average Bonchev–Trinajstić information content (AvgIpc) is 2.86. The van der Waals surface area contributed by atoms with Crippen molar-refractivity contribution >= 4 is 21.6 Å². The molecule has 4 rings (SSSR count). The van der Waals surface area contributed by atoms with Crippen molar-refractivity contribution in [3.8, 4) is 5.75 Å². The van der Waals surface area contributed by atoms with Crippen molar-refractivity contribution in [3.63, 3.8) is 0 Å². The number of carbonyl (C=O) groups is 1. The Morgan fingerprint density at radius 2 is 1.53 bits per heavy atom. The summed E-state index contributed by atoms with van der Waals surface area (Å²) in [7, 11) is -2.00. The Bertz CT molecular complexity index is 1230. The van der Waals surface area contributed by atoms with Crippen LogP contribution in [0.3, 0.4) is 0 Å². The predicted octanol–water partition coefficient (Wildman–Crippen LogP) is 3.69. The summed E-state index contributed by atoms with van der Waals surface area (Å²) in [4.78, 5) is 15.9. The van der Waals surface area contributed by atoms with Crippen LogP contribution in [0.2, 0.25) is 0 Å². The van der Waals surface area contributed by atoms with Crippen LogP contribution in [0, 0.1) is 6.92 Å². The second-order valence-electron chi connectivity index (χ2n) is 8.26. The Hall–Kier alpha value is -3.20. The zero-order chi connectivity index (χ0) is 24.1. The molecule has 3 aromatic rings. The molecule has 1 heterocycles. The lowest BCUT2D eigenvalue weighted by atomic mass is 10.0. The van der Waals surface area contributed by atoms with Gasteiger partial charge in [-0.2, -0.15) is 4.31 Å². The van der Waals surface area contributed by atoms with Gasteiger partial charge in [-0.3, -0.25) is 9.69 Å². The van der Waals surface area contributed by atoms with Crippen LogP contribution >= 0.6 is 0 Å². The summed E-state index contributed by atoms with van der Waals surface area (Å²) < 4.78 is 33.0. The van der Waals surface area contributed by atoms with E-state index in [9.17, 15) is 13.2 Å². The fraction of sp³-hybridized carbons (Fsp3) is 0.269. The van der Waals surface area contributed by atoms with E-state index in [1.54, 1.807) is 37.4 Å². The average molecular weight is 480 g/mol. The Morgan fingerprint density at radius 3 is 2.15 bits per heavy atom. The van der Waals surface area contributed by atoms with Crippen molar-refractivity contribution in [2.24, 2.45) is 0 Å². The molecule has 1 N–H and O–H groups in total. The molecule has 0 radical (unpaired) electrons. The molecule has 0 aromatic heterocycles. The summed E-state index contributed by atoms with van der Waals surface area (Å²) in [5.74, 6) is 0.402. The summed E-state index contributed by atoms with van der Waals surface area (Å²) in [6.07, 6.45) is 0. The van der Waals surface area contributed by atoms with Crippen molar-refractivity contribution in [1.82, 2.24) is 9.21 Å². The number of aryl methyl sites for hydroxylation is 1. The van der Waals surface area contributed by atoms with E-state index in [2.05, 4.69) is 5.32 Å². The molecule has 1 aliphatic heterocycles. The maximum absolute atomic E-state index is 13.6. The van der Waals surface area contributed by atoms with Crippen LogP contribution in [0.4, 0.5) is 5.69 Å². The summed E-state index contributed by atoms with van der Waals surface area (Å²) in [6.45, 7) is 3.44. The quantitative estimate of drug-likeness (QED) is 0.559. The molecule has 0 saturated carbocycles. The predicted molar refractivity (Wildman–Crippen MR) is 132 cm³/mol. The number of methoxy groups -OCH3 is 1. The van der Waals surface area contributed by atoms with Gasteiger partial charge in [-0.25, -0.2) is 8.42 Å². The number of nitrogens with zero attached hydrogens (tertiary/aromatic N) is 2. The molecule has 0 spiro atoms. The topological polar surface area (TPSA) is 79.0 Å². The highest BCUT2D eigenvalue weighted by molar-refractivity contribution is 7.89. The van der Waals surface area contributed by atoms with Gasteiger partial charge in [0.2, 0.25) is 15.9 Å². The fourth-order valence-corrected chi connectivity index (χ4v) is 5.67. The molecule has 0 aliphatic carbocycles. The Labute approximate surface area is 201 Å². The van der Waals surface area contributed by atoms with Gasteiger partial charge in [0.1, 0.15) is 11.8 Å². The van der Waals surface area contributed by atoms with E-state index >= 15 is 0 Å². The first-order valence-electron chi connectivity index (χ1n) is 11.2. The maximum atomic E-state index is 13.6. The summed E-state index contributed by atoms with van der Waals surface area (Å²) in [5.41, 5.74) is 2.47. The van der Waals surface area contributed by atoms with Gasteiger partial charge in [-0.05, 0) is 42.3 Å². The Kier molecular flexibility index (Phi) is 7.31. The molecule has 1 atom stereocenters. The van der Waals surface area contributed by atoms with Crippen LogP contribution in [0.25, 0.3) is 0 Å². The van der Waals surface area contributed by atoms with Crippen LogP contribution in [-0.4, -0.2) is 56.8 Å². The van der Waals surface area contributed by atoms with Crippen molar-refractivity contribution in [1.29, 1.82) is 0 Å². The fourth-order valence-electron chi connectivity index (χ4n) is 4.23. The third kappa shape index (κ3) is 5.14. The standard InChI is InChI=1S/C26H29N3O4S/c1-20-13-14-24(33-2)23(19-20)27-26(30)25(21-9-5-3-6-10-21)28-15-17-29(18-16-28)34(31,32)22-11-7-4-8-12-22/h3-14,19,25H,15-18H2,1-2H3,(H,27,30). The second-order valence-corrected chi connectivity index (χ2v) is 10.2. The van der Waals surface area contributed by atoms with Gasteiger partial charge < -0.3 is 10.1 Å². The minimum absolute atomic E-state index is 0.186. The molecule has 7 nitrogen and oxygen atoms in total. The van der Waals surface area contributed by atoms with E-state index in [0.717, 1.165) is 11.1 Å². The number of hydrogen-bond acceptors (Lipinski definition) is 5. The van der Waals surface area contributed by atoms with Gasteiger partial charge in [-0.15, -0.1) is 0 Å². The third-order valence-corrected chi connectivity index (χ3v) is 7.91. The first-order valence-corrected chi connectivity index (χ1v) is 12.6. The number of benzene rings is 3. The van der Waals surface area contributed by atoms with Gasteiger partial charge in [0, 0.05) is 26.2 Å². The number of nitrogens with one attached hydrogen (secondary N) is 1. The number of piperazine rings is 1. The summed E-state index contributed by atoms with van der Waals surface area (Å²) in [5, 5.41) is 3.03. The third-order valence-electron chi connectivity index (χ3n) is 6.00. The molecule has 178 valence electrons. The van der Waals surface area contributed by atoms with Crippen molar-refractivity contribution in [3.05, 3.63) is 90.0 Å². The number of hydrogen-bond donors (Lipinski definition) is 1. The highest BCUT2D eigenvalue weighted by Gasteiger charge is 2.34. The molecule has 34 heavy (non-hydrogen) atoms. The zero-order valence-corrected chi connectivity index (χ0v) is 20.2. The van der Waals surface area contributed by atoms with E-state index in [1.165, 1.54) is 4.31 Å². The number of ether oxygens (including phenoxy) is 1. The molecule has 1 fully saturated rings. The highest BCUT2D eigenvalue weighted by Crippen LogP contribution is 2.30. The van der Waals surface area contributed by atoms with E-state index in [1.807, 2.05) is 60.4 Å². The van der Waals surface area contributed by atoms with Crippen LogP contribution in [-0.2, 0) is 14.8 Å². The van der Waals surface area contributed by atoms with Crippen LogP contribution in [0.1, 0.15) is 17.2 Å². The normalized spacial score (nSPS) is 16.1. The number of rotatable bonds is 7. The van der Waals surface area contributed by atoms with Gasteiger partial charge in [0.15, 0.2) is 0 Å². The highest BCUT2D eigenvalue weighted by atomic mass is 32.2. The minimum atomic E-state index is -3.57. The Balaban J connectivity index is 1.55. The van der Waals surface area contributed by atoms with Gasteiger partial charge in [-0.1, -0.05) is 54.6 Å². The van der Waals surface area contributed by atoms with Crippen LogP contribution in [0.15, 0.2) is 83.8 Å². The first-order chi connectivity index (χ1) is 16.4. The largest absolute Gasteiger partial charge is 0.495 e. The first kappa shape index (κ1) is 23.9. The lowest BCUT2D eigenvalue weighted by Gasteiger charge is -2.38. The van der Waals surface area contributed by atoms with E-state index in [4.69, 9.17) is 4.74 Å². The Morgan fingerprint density at radius 1 is 0.912 bits per heavy atom. The lowest BCUT2D eigenvalue weighted by molar-refractivity contribution is -0.122. The van der Waals surface area contributed by atoms with E-state index in [0.29, 0.717) is 37.6 Å². The minimum Gasteiger partial charge on any atom is -0.495 e. The number of amides is 1. The summed E-state index contributed by atoms with van der Waals surface area (Å²) >= 11 is 0. The SMILES string of the molecule is COc1ccc(C)cc1NC(=O)C(c1ccccc1)N1CCN(S(=O)(=O)c2ccccc2)CC1.